The molecule has 0 atom stereocenters. The van der Waals surface area contributed by atoms with Crippen molar-refractivity contribution in [2.24, 2.45) is 0 Å². The summed E-state index contributed by atoms with van der Waals surface area (Å²) in [5, 5.41) is 0. The van der Waals surface area contributed by atoms with Crippen molar-refractivity contribution >= 4 is 15.9 Å². The van der Waals surface area contributed by atoms with E-state index >= 15 is 0 Å². The Morgan fingerprint density at radius 2 is 1.83 bits per heavy atom. The molecular weight excluding hydrogens is 355 g/mol. The molecule has 0 aromatic heterocycles. The van der Waals surface area contributed by atoms with Crippen molar-refractivity contribution < 1.29 is 9.13 Å². The van der Waals surface area contributed by atoms with E-state index < -0.39 is 0 Å². The van der Waals surface area contributed by atoms with Crippen molar-refractivity contribution in [3.05, 3.63) is 63.9 Å². The first kappa shape index (κ1) is 19.7. The lowest BCUT2D eigenvalue weighted by atomic mass is 10.1. The minimum atomic E-state index is -0.107. The molecule has 0 radical (unpaired) electrons. The molecule has 1 aliphatic carbocycles. The van der Waals surface area contributed by atoms with Gasteiger partial charge in [-0.1, -0.05) is 54.9 Å². The summed E-state index contributed by atoms with van der Waals surface area (Å²) >= 11 is 3.47. The molecule has 1 nitrogen and oxygen atoms in total. The zero-order chi connectivity index (χ0) is 17.2. The van der Waals surface area contributed by atoms with Crippen LogP contribution in [0, 0.1) is 5.82 Å². The quantitative estimate of drug-likeness (QED) is 0.571. The highest BCUT2D eigenvalue weighted by molar-refractivity contribution is 9.10. The predicted molar refractivity (Wildman–Crippen MR) is 99.8 cm³/mol. The minimum Gasteiger partial charge on any atom is -0.497 e. The van der Waals surface area contributed by atoms with Gasteiger partial charge in [0.05, 0.1) is 7.11 Å². The first-order chi connectivity index (χ1) is 11.1. The fraction of sp³-hybridized carbons (Fsp3) is 0.400. The normalized spacial score (nSPS) is 12.4. The molecule has 2 aromatic rings. The Labute approximate surface area is 148 Å². The maximum absolute atomic E-state index is 12.6. The van der Waals surface area contributed by atoms with Gasteiger partial charge in [0, 0.05) is 4.47 Å². The molecule has 126 valence electrons. The average molecular weight is 381 g/mol. The van der Waals surface area contributed by atoms with Gasteiger partial charge in [-0.15, -0.1) is 0 Å². The van der Waals surface area contributed by atoms with E-state index in [2.05, 4.69) is 28.9 Å². The highest BCUT2D eigenvalue weighted by Gasteiger charge is 2.23. The van der Waals surface area contributed by atoms with E-state index in [0.717, 1.165) is 16.6 Å². The second kappa shape index (κ2) is 10.4. The number of methoxy groups -OCH3 is 1. The molecule has 0 bridgehead atoms. The van der Waals surface area contributed by atoms with Crippen LogP contribution in [0.1, 0.15) is 50.7 Å². The van der Waals surface area contributed by atoms with Crippen LogP contribution >= 0.6 is 15.9 Å². The molecule has 0 N–H and O–H groups in total. The van der Waals surface area contributed by atoms with Crippen molar-refractivity contribution in [1.82, 2.24) is 0 Å². The molecule has 1 aliphatic rings. The van der Waals surface area contributed by atoms with Gasteiger partial charge in [-0.25, -0.2) is 4.39 Å². The van der Waals surface area contributed by atoms with E-state index in [1.165, 1.54) is 30.0 Å². The molecule has 0 unspecified atom stereocenters. The van der Waals surface area contributed by atoms with Crippen molar-refractivity contribution in [2.45, 2.75) is 46.0 Å². The summed E-state index contributed by atoms with van der Waals surface area (Å²) in [6.45, 7) is 6.13. The molecule has 0 spiro atoms. The van der Waals surface area contributed by atoms with Gasteiger partial charge in [-0.2, -0.15) is 0 Å². The summed E-state index contributed by atoms with van der Waals surface area (Å²) in [5.74, 6) is 1.45. The maximum Gasteiger partial charge on any atom is 0.123 e. The number of hydrogen-bond acceptors (Lipinski definition) is 1. The van der Waals surface area contributed by atoms with Crippen LogP contribution in [0.5, 0.6) is 5.75 Å². The number of ether oxygens (including phenoxy) is 1. The van der Waals surface area contributed by atoms with Crippen LogP contribution in [0.25, 0.3) is 0 Å². The summed E-state index contributed by atoms with van der Waals surface area (Å²) in [6, 6.07) is 12.9. The predicted octanol–water partition coefficient (Wildman–Crippen LogP) is 6.75. The summed E-state index contributed by atoms with van der Waals surface area (Å²) in [6.07, 6.45) is 3.53. The fourth-order valence-electron chi connectivity index (χ4n) is 2.12. The van der Waals surface area contributed by atoms with Gasteiger partial charge >= 0.3 is 0 Å². The van der Waals surface area contributed by atoms with Gasteiger partial charge in [0.25, 0.3) is 0 Å². The Balaban J connectivity index is 0.000000208. The lowest BCUT2D eigenvalue weighted by Gasteiger charge is -2.03. The summed E-state index contributed by atoms with van der Waals surface area (Å²) < 4.78 is 18.7. The van der Waals surface area contributed by atoms with E-state index in [9.17, 15) is 4.39 Å². The van der Waals surface area contributed by atoms with Crippen molar-refractivity contribution in [3.8, 4) is 5.75 Å². The standard InChI is InChI=1S/C9H11BrO.C9H9F.C2H6/c1-3-7-4-5-8(11-2)6-9(7)10;10-9-3-1-2-8(6-9)7-4-5-7;1-2/h4-6H,3H2,1-2H3;1-3,6-7H,4-5H2;1-2H3. The van der Waals surface area contributed by atoms with Crippen molar-refractivity contribution in [3.63, 3.8) is 0 Å². The van der Waals surface area contributed by atoms with E-state index in [1.54, 1.807) is 19.2 Å². The first-order valence-electron chi connectivity index (χ1n) is 8.22. The monoisotopic (exact) mass is 380 g/mol. The molecule has 0 saturated heterocycles. The third-order valence-electron chi connectivity index (χ3n) is 3.54. The number of aryl methyl sites for hydroxylation is 1. The van der Waals surface area contributed by atoms with Crippen LogP contribution in [0.3, 0.4) is 0 Å². The lowest BCUT2D eigenvalue weighted by molar-refractivity contribution is 0.414. The molecule has 23 heavy (non-hydrogen) atoms. The molecule has 0 amide bonds. The molecule has 2 aromatic carbocycles. The molecule has 3 rings (SSSR count). The molecule has 0 aliphatic heterocycles. The molecule has 1 fully saturated rings. The van der Waals surface area contributed by atoms with E-state index in [0.29, 0.717) is 5.92 Å². The van der Waals surface area contributed by atoms with Crippen molar-refractivity contribution in [2.75, 3.05) is 7.11 Å². The Morgan fingerprint density at radius 1 is 1.13 bits per heavy atom. The highest BCUT2D eigenvalue weighted by Crippen LogP contribution is 2.39. The van der Waals surface area contributed by atoms with Gasteiger partial charge in [-0.3, -0.25) is 0 Å². The summed E-state index contributed by atoms with van der Waals surface area (Å²) in [7, 11) is 1.67. The number of rotatable bonds is 3. The van der Waals surface area contributed by atoms with Crippen LogP contribution < -0.4 is 4.74 Å². The number of hydrogen-bond donors (Lipinski definition) is 0. The summed E-state index contributed by atoms with van der Waals surface area (Å²) in [5.41, 5.74) is 2.48. The lowest BCUT2D eigenvalue weighted by Crippen LogP contribution is -1.85. The number of benzene rings is 2. The largest absolute Gasteiger partial charge is 0.497 e. The van der Waals surface area contributed by atoms with E-state index in [-0.39, 0.29) is 5.82 Å². The second-order valence-electron chi connectivity index (χ2n) is 5.14. The third kappa shape index (κ3) is 6.74. The van der Waals surface area contributed by atoms with Gasteiger partial charge in [0.1, 0.15) is 11.6 Å². The van der Waals surface area contributed by atoms with Gasteiger partial charge in [-0.05, 0) is 60.6 Å². The Hall–Kier alpha value is -1.35. The van der Waals surface area contributed by atoms with Crippen LogP contribution in [0.15, 0.2) is 46.9 Å². The van der Waals surface area contributed by atoms with Crippen LogP contribution in [0.2, 0.25) is 0 Å². The minimum absolute atomic E-state index is 0.107. The summed E-state index contributed by atoms with van der Waals surface area (Å²) in [4.78, 5) is 0. The van der Waals surface area contributed by atoms with Crippen LogP contribution in [-0.2, 0) is 6.42 Å². The second-order valence-corrected chi connectivity index (χ2v) is 5.99. The van der Waals surface area contributed by atoms with Gasteiger partial charge < -0.3 is 4.74 Å². The topological polar surface area (TPSA) is 9.23 Å². The van der Waals surface area contributed by atoms with E-state index in [4.69, 9.17) is 4.74 Å². The fourth-order valence-corrected chi connectivity index (χ4v) is 2.76. The smallest absolute Gasteiger partial charge is 0.123 e. The van der Waals surface area contributed by atoms with Gasteiger partial charge in [0.15, 0.2) is 0 Å². The highest BCUT2D eigenvalue weighted by atomic mass is 79.9. The molecule has 3 heteroatoms. The van der Waals surface area contributed by atoms with Crippen molar-refractivity contribution in [1.29, 1.82) is 0 Å². The Bertz CT molecular complexity index is 594. The van der Waals surface area contributed by atoms with Crippen LogP contribution in [-0.4, -0.2) is 7.11 Å². The van der Waals surface area contributed by atoms with Crippen LogP contribution in [0.4, 0.5) is 4.39 Å². The SMILES string of the molecule is CC.CCc1ccc(OC)cc1Br.Fc1cccc(C2CC2)c1. The zero-order valence-electron chi connectivity index (χ0n) is 14.4. The zero-order valence-corrected chi connectivity index (χ0v) is 16.0. The Kier molecular flexibility index (Phi) is 8.93. The molecule has 1 saturated carbocycles. The van der Waals surface area contributed by atoms with Gasteiger partial charge in [0.2, 0.25) is 0 Å². The Morgan fingerprint density at radius 3 is 2.30 bits per heavy atom. The maximum atomic E-state index is 12.6. The molecular formula is C20H26BrFO. The third-order valence-corrected chi connectivity index (χ3v) is 4.28. The van der Waals surface area contributed by atoms with E-state index in [1.807, 2.05) is 32.0 Å². The molecule has 0 heterocycles. The first-order valence-corrected chi connectivity index (χ1v) is 9.01. The average Bonchev–Trinajstić information content (AvgIpc) is 3.42. The number of halogens is 2.